The molecular weight excluding hydrogens is 235 g/mol. The Morgan fingerprint density at radius 3 is 3.06 bits per heavy atom. The van der Waals surface area contributed by atoms with Crippen LogP contribution in [0.1, 0.15) is 0 Å². The number of aliphatic imine (C=N–C) groups is 1. The third kappa shape index (κ3) is 2.55. The van der Waals surface area contributed by atoms with Crippen LogP contribution in [-0.2, 0) is 4.74 Å². The van der Waals surface area contributed by atoms with Crippen molar-refractivity contribution in [3.8, 4) is 5.75 Å². The minimum Gasteiger partial charge on any atom is -0.488 e. The Hall–Kier alpha value is -1.49. The second-order valence-electron chi connectivity index (χ2n) is 3.32. The van der Waals surface area contributed by atoms with Crippen molar-refractivity contribution in [1.29, 1.82) is 0 Å². The number of rotatable bonds is 3. The molecule has 16 heavy (non-hydrogen) atoms. The second-order valence-corrected chi connectivity index (χ2v) is 3.75. The van der Waals surface area contributed by atoms with Crippen molar-refractivity contribution in [2.75, 3.05) is 13.2 Å². The Bertz CT molecular complexity index is 425. The van der Waals surface area contributed by atoms with Gasteiger partial charge in [-0.25, -0.2) is 9.38 Å². The summed E-state index contributed by atoms with van der Waals surface area (Å²) in [6, 6.07) is 4.18. The van der Waals surface area contributed by atoms with Crippen LogP contribution in [0.3, 0.4) is 0 Å². The molecule has 0 amide bonds. The van der Waals surface area contributed by atoms with Gasteiger partial charge in [-0.3, -0.25) is 0 Å². The highest BCUT2D eigenvalue weighted by Gasteiger charge is 2.17. The lowest BCUT2D eigenvalue weighted by atomic mass is 10.3. The van der Waals surface area contributed by atoms with Crippen molar-refractivity contribution in [2.24, 2.45) is 10.7 Å². The molecule has 6 heteroatoms. The Balaban J connectivity index is 1.95. The first kappa shape index (κ1) is 11.0. The van der Waals surface area contributed by atoms with Gasteiger partial charge in [-0.1, -0.05) is 11.6 Å². The molecule has 0 spiro atoms. The molecule has 0 saturated heterocycles. The zero-order valence-corrected chi connectivity index (χ0v) is 9.08. The van der Waals surface area contributed by atoms with Gasteiger partial charge in [0.1, 0.15) is 19.3 Å². The van der Waals surface area contributed by atoms with Gasteiger partial charge in [0, 0.05) is 5.02 Å². The molecule has 1 heterocycles. The molecule has 1 aromatic carbocycles. The van der Waals surface area contributed by atoms with Crippen molar-refractivity contribution in [3.63, 3.8) is 0 Å². The highest BCUT2D eigenvalue weighted by Crippen LogP contribution is 2.21. The van der Waals surface area contributed by atoms with E-state index in [1.807, 2.05) is 0 Å². The van der Waals surface area contributed by atoms with Crippen LogP contribution in [0.15, 0.2) is 23.2 Å². The van der Waals surface area contributed by atoms with Crippen molar-refractivity contribution >= 4 is 17.6 Å². The van der Waals surface area contributed by atoms with Crippen LogP contribution < -0.4 is 10.5 Å². The average molecular weight is 245 g/mol. The van der Waals surface area contributed by atoms with Gasteiger partial charge < -0.3 is 15.2 Å². The monoisotopic (exact) mass is 244 g/mol. The van der Waals surface area contributed by atoms with E-state index in [9.17, 15) is 4.39 Å². The minimum absolute atomic E-state index is 0.144. The fourth-order valence-corrected chi connectivity index (χ4v) is 1.46. The topological polar surface area (TPSA) is 56.8 Å². The van der Waals surface area contributed by atoms with Gasteiger partial charge in [-0.15, -0.1) is 0 Å². The SMILES string of the molecule is NC1=NC(COc2ccc(Cl)cc2F)CO1. The molecule has 1 unspecified atom stereocenters. The van der Waals surface area contributed by atoms with E-state index < -0.39 is 5.82 Å². The molecule has 0 aliphatic carbocycles. The number of ether oxygens (including phenoxy) is 2. The van der Waals surface area contributed by atoms with Gasteiger partial charge in [0.2, 0.25) is 0 Å². The third-order valence-corrected chi connectivity index (χ3v) is 2.29. The van der Waals surface area contributed by atoms with Gasteiger partial charge in [0.25, 0.3) is 6.02 Å². The Kier molecular flexibility index (Phi) is 3.14. The van der Waals surface area contributed by atoms with E-state index in [-0.39, 0.29) is 24.4 Å². The van der Waals surface area contributed by atoms with Crippen LogP contribution in [0.4, 0.5) is 4.39 Å². The first-order valence-corrected chi connectivity index (χ1v) is 5.07. The number of hydrogen-bond acceptors (Lipinski definition) is 4. The molecule has 0 bridgehead atoms. The summed E-state index contributed by atoms with van der Waals surface area (Å²) >= 11 is 5.61. The number of hydrogen-bond donors (Lipinski definition) is 1. The number of nitrogens with zero attached hydrogens (tertiary/aromatic N) is 1. The van der Waals surface area contributed by atoms with Crippen LogP contribution in [0.2, 0.25) is 5.02 Å². The fraction of sp³-hybridized carbons (Fsp3) is 0.300. The largest absolute Gasteiger partial charge is 0.488 e. The van der Waals surface area contributed by atoms with Crippen molar-refractivity contribution in [1.82, 2.24) is 0 Å². The number of nitrogens with two attached hydrogens (primary N) is 1. The average Bonchev–Trinajstić information content (AvgIpc) is 2.63. The predicted octanol–water partition coefficient (Wildman–Crippen LogP) is 1.57. The molecule has 0 fully saturated rings. The molecule has 0 aromatic heterocycles. The zero-order chi connectivity index (χ0) is 11.5. The van der Waals surface area contributed by atoms with E-state index in [2.05, 4.69) is 4.99 Å². The Morgan fingerprint density at radius 2 is 2.44 bits per heavy atom. The summed E-state index contributed by atoms with van der Waals surface area (Å²) < 4.78 is 23.5. The zero-order valence-electron chi connectivity index (χ0n) is 8.32. The predicted molar refractivity (Wildman–Crippen MR) is 58.3 cm³/mol. The summed E-state index contributed by atoms with van der Waals surface area (Å²) in [5.74, 6) is -0.353. The molecule has 4 nitrogen and oxygen atoms in total. The maximum absolute atomic E-state index is 13.3. The van der Waals surface area contributed by atoms with Gasteiger partial charge in [-0.2, -0.15) is 0 Å². The van der Waals surface area contributed by atoms with Gasteiger partial charge >= 0.3 is 0 Å². The molecule has 1 aromatic rings. The quantitative estimate of drug-likeness (QED) is 0.878. The normalized spacial score (nSPS) is 19.1. The maximum Gasteiger partial charge on any atom is 0.282 e. The first-order valence-electron chi connectivity index (χ1n) is 4.69. The van der Waals surface area contributed by atoms with E-state index in [1.54, 1.807) is 6.07 Å². The third-order valence-electron chi connectivity index (χ3n) is 2.06. The molecule has 0 radical (unpaired) electrons. The molecule has 1 aliphatic rings. The smallest absolute Gasteiger partial charge is 0.282 e. The standard InChI is InChI=1S/C10H10ClFN2O2/c11-6-1-2-9(8(12)3-6)15-4-7-5-16-10(13)14-7/h1-3,7H,4-5H2,(H2,13,14). The van der Waals surface area contributed by atoms with Crippen LogP contribution in [0.5, 0.6) is 5.75 Å². The Morgan fingerprint density at radius 1 is 1.62 bits per heavy atom. The van der Waals surface area contributed by atoms with Crippen molar-refractivity contribution in [2.45, 2.75) is 6.04 Å². The number of benzene rings is 1. The van der Waals surface area contributed by atoms with Crippen molar-refractivity contribution < 1.29 is 13.9 Å². The van der Waals surface area contributed by atoms with Crippen LogP contribution in [0.25, 0.3) is 0 Å². The van der Waals surface area contributed by atoms with E-state index in [1.165, 1.54) is 12.1 Å². The highest BCUT2D eigenvalue weighted by molar-refractivity contribution is 6.30. The lowest BCUT2D eigenvalue weighted by Gasteiger charge is -2.09. The second kappa shape index (κ2) is 4.57. The Labute approximate surface area is 96.8 Å². The lowest BCUT2D eigenvalue weighted by Crippen LogP contribution is -2.17. The molecule has 86 valence electrons. The molecule has 1 atom stereocenters. The van der Waals surface area contributed by atoms with Gasteiger partial charge in [0.15, 0.2) is 11.6 Å². The summed E-state index contributed by atoms with van der Waals surface area (Å²) in [6.07, 6.45) is 0. The number of halogens is 2. The molecule has 2 N–H and O–H groups in total. The van der Waals surface area contributed by atoms with Crippen LogP contribution >= 0.6 is 11.6 Å². The highest BCUT2D eigenvalue weighted by atomic mass is 35.5. The maximum atomic E-state index is 13.3. The van der Waals surface area contributed by atoms with Gasteiger partial charge in [-0.05, 0) is 18.2 Å². The summed E-state index contributed by atoms with van der Waals surface area (Å²) in [4.78, 5) is 3.95. The van der Waals surface area contributed by atoms with E-state index in [0.717, 1.165) is 0 Å². The summed E-state index contributed by atoms with van der Waals surface area (Å²) in [5, 5.41) is 0.330. The molecular formula is C10H10ClFN2O2. The summed E-state index contributed by atoms with van der Waals surface area (Å²) in [7, 11) is 0. The van der Waals surface area contributed by atoms with E-state index in [0.29, 0.717) is 11.6 Å². The number of amidine groups is 1. The minimum atomic E-state index is -0.497. The fourth-order valence-electron chi connectivity index (χ4n) is 1.30. The summed E-state index contributed by atoms with van der Waals surface area (Å²) in [6.45, 7) is 0.584. The molecule has 2 rings (SSSR count). The van der Waals surface area contributed by atoms with Crippen molar-refractivity contribution in [3.05, 3.63) is 29.0 Å². The van der Waals surface area contributed by atoms with Gasteiger partial charge in [0.05, 0.1) is 0 Å². The lowest BCUT2D eigenvalue weighted by molar-refractivity contribution is 0.235. The first-order chi connectivity index (χ1) is 7.65. The van der Waals surface area contributed by atoms with Crippen LogP contribution in [0, 0.1) is 5.82 Å². The molecule has 1 aliphatic heterocycles. The summed E-state index contributed by atoms with van der Waals surface area (Å²) in [5.41, 5.74) is 5.32. The van der Waals surface area contributed by atoms with Crippen LogP contribution in [-0.4, -0.2) is 25.3 Å². The van der Waals surface area contributed by atoms with E-state index >= 15 is 0 Å². The van der Waals surface area contributed by atoms with E-state index in [4.69, 9.17) is 26.8 Å². The molecule has 0 saturated carbocycles.